The van der Waals surface area contributed by atoms with Crippen molar-refractivity contribution in [3.8, 4) is 0 Å². The lowest BCUT2D eigenvalue weighted by Crippen LogP contribution is -2.43. The fourth-order valence-corrected chi connectivity index (χ4v) is 4.05. The van der Waals surface area contributed by atoms with Crippen LogP contribution in [-0.4, -0.2) is 52.0 Å². The van der Waals surface area contributed by atoms with Crippen molar-refractivity contribution in [2.45, 2.75) is 17.7 Å². The third kappa shape index (κ3) is 4.94. The number of methoxy groups -OCH3 is 1. The maximum Gasteiger partial charge on any atom is 0.246 e. The molecule has 25 heavy (non-hydrogen) atoms. The van der Waals surface area contributed by atoms with Gasteiger partial charge in [-0.1, -0.05) is 0 Å². The highest BCUT2D eigenvalue weighted by atomic mass is 32.2. The van der Waals surface area contributed by atoms with E-state index in [1.807, 2.05) is 0 Å². The summed E-state index contributed by atoms with van der Waals surface area (Å²) in [6.45, 7) is 0.605. The first-order valence-electron chi connectivity index (χ1n) is 7.72. The summed E-state index contributed by atoms with van der Waals surface area (Å²) in [7, 11) is -2.65. The largest absolute Gasteiger partial charge is 0.382 e. The van der Waals surface area contributed by atoms with Crippen molar-refractivity contribution in [3.63, 3.8) is 0 Å². The van der Waals surface area contributed by atoms with Crippen LogP contribution in [0.2, 0.25) is 0 Å². The molecule has 0 bridgehead atoms. The number of benzene rings is 1. The zero-order chi connectivity index (χ0) is 18.4. The Hall–Kier alpha value is -1.62. The van der Waals surface area contributed by atoms with Crippen molar-refractivity contribution in [3.05, 3.63) is 29.8 Å². The van der Waals surface area contributed by atoms with Gasteiger partial charge < -0.3 is 4.74 Å². The molecule has 1 aromatic carbocycles. The maximum absolute atomic E-state index is 13.8. The van der Waals surface area contributed by atoms with Crippen molar-refractivity contribution in [2.24, 2.45) is 5.92 Å². The van der Waals surface area contributed by atoms with Gasteiger partial charge in [-0.2, -0.15) is 4.31 Å². The number of carbonyl (C=O) groups excluding carboxylic acids is 1. The third-order valence-electron chi connectivity index (χ3n) is 3.90. The number of hydrogen-bond acceptors (Lipinski definition) is 5. The first kappa shape index (κ1) is 19.7. The smallest absolute Gasteiger partial charge is 0.246 e. The van der Waals surface area contributed by atoms with Crippen molar-refractivity contribution in [2.75, 3.05) is 33.4 Å². The molecule has 1 fully saturated rings. The van der Waals surface area contributed by atoms with Crippen LogP contribution in [0.15, 0.2) is 23.1 Å². The highest BCUT2D eigenvalue weighted by Gasteiger charge is 2.33. The topological polar surface area (TPSA) is 84.9 Å². The Labute approximate surface area is 144 Å². The van der Waals surface area contributed by atoms with E-state index in [0.717, 1.165) is 16.4 Å². The van der Waals surface area contributed by atoms with Crippen LogP contribution >= 0.6 is 0 Å². The summed E-state index contributed by atoms with van der Waals surface area (Å²) in [4.78, 5) is 16.2. The molecule has 0 saturated carbocycles. The summed E-state index contributed by atoms with van der Waals surface area (Å²) in [5.41, 5.74) is 2.29. The molecule has 0 aliphatic carbocycles. The quantitative estimate of drug-likeness (QED) is 0.567. The summed E-state index contributed by atoms with van der Waals surface area (Å²) in [6.07, 6.45) is 0.519. The molecular formula is C15H20F2N2O5S. The highest BCUT2D eigenvalue weighted by Crippen LogP contribution is 2.26. The number of halogens is 2. The Balaban J connectivity index is 1.95. The second kappa shape index (κ2) is 8.65. The van der Waals surface area contributed by atoms with Crippen LogP contribution in [0.1, 0.15) is 12.8 Å². The molecule has 7 nitrogen and oxygen atoms in total. The zero-order valence-electron chi connectivity index (χ0n) is 13.7. The number of nitrogens with zero attached hydrogens (tertiary/aromatic N) is 1. The number of piperidine rings is 1. The maximum atomic E-state index is 13.8. The second-order valence-electron chi connectivity index (χ2n) is 5.56. The van der Waals surface area contributed by atoms with E-state index in [-0.39, 0.29) is 38.4 Å². The van der Waals surface area contributed by atoms with Crippen LogP contribution < -0.4 is 5.48 Å². The van der Waals surface area contributed by atoms with Crippen LogP contribution in [0.5, 0.6) is 0 Å². The lowest BCUT2D eigenvalue weighted by molar-refractivity contribution is -0.140. The van der Waals surface area contributed by atoms with Gasteiger partial charge in [-0.15, -0.1) is 0 Å². The SMILES string of the molecule is COCCONC(=O)C1CCN(S(=O)(=O)c2cc(F)ccc2F)CC1. The van der Waals surface area contributed by atoms with E-state index >= 15 is 0 Å². The number of amides is 1. The number of nitrogens with one attached hydrogen (secondary N) is 1. The fraction of sp³-hybridized carbons (Fsp3) is 0.533. The van der Waals surface area contributed by atoms with Crippen molar-refractivity contribution in [1.82, 2.24) is 9.79 Å². The number of ether oxygens (including phenoxy) is 1. The summed E-state index contributed by atoms with van der Waals surface area (Å²) in [5, 5.41) is 0. The lowest BCUT2D eigenvalue weighted by Gasteiger charge is -2.30. The van der Waals surface area contributed by atoms with E-state index in [4.69, 9.17) is 9.57 Å². The van der Waals surface area contributed by atoms with E-state index in [1.165, 1.54) is 7.11 Å². The predicted octanol–water partition coefficient (Wildman–Crippen LogP) is 1.06. The molecule has 0 aromatic heterocycles. The van der Waals surface area contributed by atoms with Gasteiger partial charge in [-0.05, 0) is 31.0 Å². The fourth-order valence-electron chi connectivity index (χ4n) is 2.50. The molecule has 2 rings (SSSR count). The zero-order valence-corrected chi connectivity index (χ0v) is 14.5. The molecule has 1 saturated heterocycles. The van der Waals surface area contributed by atoms with E-state index in [1.54, 1.807) is 0 Å². The summed E-state index contributed by atoms with van der Waals surface area (Å²) < 4.78 is 57.8. The van der Waals surface area contributed by atoms with E-state index in [0.29, 0.717) is 12.7 Å². The lowest BCUT2D eigenvalue weighted by atomic mass is 9.98. The van der Waals surface area contributed by atoms with Crippen LogP contribution in [0.25, 0.3) is 0 Å². The van der Waals surface area contributed by atoms with Crippen molar-refractivity contribution >= 4 is 15.9 Å². The molecule has 0 radical (unpaired) electrons. The van der Waals surface area contributed by atoms with Crippen LogP contribution in [-0.2, 0) is 24.4 Å². The van der Waals surface area contributed by atoms with Crippen molar-refractivity contribution < 1.29 is 31.6 Å². The minimum atomic E-state index is -4.15. The predicted molar refractivity (Wildman–Crippen MR) is 83.8 cm³/mol. The van der Waals surface area contributed by atoms with Gasteiger partial charge in [0, 0.05) is 26.1 Å². The summed E-state index contributed by atoms with van der Waals surface area (Å²) in [5.74, 6) is -2.59. The molecule has 1 heterocycles. The molecule has 10 heteroatoms. The van der Waals surface area contributed by atoms with E-state index in [9.17, 15) is 22.0 Å². The average Bonchev–Trinajstić information content (AvgIpc) is 2.60. The second-order valence-corrected chi connectivity index (χ2v) is 7.47. The molecule has 1 aromatic rings. The highest BCUT2D eigenvalue weighted by molar-refractivity contribution is 7.89. The molecule has 0 atom stereocenters. The summed E-state index contributed by atoms with van der Waals surface area (Å²) in [6, 6.07) is 2.29. The molecular weight excluding hydrogens is 358 g/mol. The average molecular weight is 378 g/mol. The minimum Gasteiger partial charge on any atom is -0.382 e. The van der Waals surface area contributed by atoms with Gasteiger partial charge in [0.25, 0.3) is 0 Å². The van der Waals surface area contributed by atoms with Crippen LogP contribution in [0.3, 0.4) is 0 Å². The van der Waals surface area contributed by atoms with Gasteiger partial charge >= 0.3 is 0 Å². The van der Waals surface area contributed by atoms with Crippen LogP contribution in [0.4, 0.5) is 8.78 Å². The third-order valence-corrected chi connectivity index (χ3v) is 5.81. The van der Waals surface area contributed by atoms with Gasteiger partial charge in [-0.25, -0.2) is 22.7 Å². The van der Waals surface area contributed by atoms with Gasteiger partial charge in [0.2, 0.25) is 15.9 Å². The number of hydrogen-bond donors (Lipinski definition) is 1. The first-order valence-corrected chi connectivity index (χ1v) is 9.16. The molecule has 0 unspecified atom stereocenters. The Morgan fingerprint density at radius 3 is 2.60 bits per heavy atom. The Bertz CT molecular complexity index is 706. The van der Waals surface area contributed by atoms with Gasteiger partial charge in [0.15, 0.2) is 0 Å². The summed E-state index contributed by atoms with van der Waals surface area (Å²) >= 11 is 0. The van der Waals surface area contributed by atoms with E-state index < -0.39 is 32.5 Å². The number of sulfonamides is 1. The normalized spacial score (nSPS) is 16.8. The number of hydroxylamine groups is 1. The molecule has 1 aliphatic heterocycles. The standard InChI is InChI=1S/C15H20F2N2O5S/c1-23-8-9-24-18-15(20)11-4-6-19(7-5-11)25(21,22)14-10-12(16)2-3-13(14)17/h2-3,10-11H,4-9H2,1H3,(H,18,20). The Morgan fingerprint density at radius 2 is 1.96 bits per heavy atom. The monoisotopic (exact) mass is 378 g/mol. The minimum absolute atomic E-state index is 0.0362. The molecule has 1 amide bonds. The molecule has 1 aliphatic rings. The molecule has 0 spiro atoms. The van der Waals surface area contributed by atoms with Gasteiger partial charge in [0.05, 0.1) is 13.2 Å². The molecule has 1 N–H and O–H groups in total. The number of carbonyl (C=O) groups is 1. The van der Waals surface area contributed by atoms with Gasteiger partial charge in [0.1, 0.15) is 16.5 Å². The van der Waals surface area contributed by atoms with E-state index in [2.05, 4.69) is 5.48 Å². The molecule has 140 valence electrons. The first-order chi connectivity index (χ1) is 11.9. The van der Waals surface area contributed by atoms with Crippen LogP contribution in [0, 0.1) is 17.6 Å². The van der Waals surface area contributed by atoms with Crippen molar-refractivity contribution in [1.29, 1.82) is 0 Å². The number of rotatable bonds is 7. The Morgan fingerprint density at radius 1 is 1.28 bits per heavy atom. The Kier molecular flexibility index (Phi) is 6.82. The van der Waals surface area contributed by atoms with Gasteiger partial charge in [-0.3, -0.25) is 9.63 Å².